The van der Waals surface area contributed by atoms with E-state index in [1.807, 2.05) is 78.9 Å². The number of fused-ring (bicyclic) bond motifs is 1. The first-order chi connectivity index (χ1) is 20.2. The highest BCUT2D eigenvalue weighted by molar-refractivity contribution is 5.98. The molecule has 0 aliphatic rings. The van der Waals surface area contributed by atoms with E-state index in [-0.39, 0.29) is 17.5 Å². The number of carbonyl (C=O) groups excluding carboxylic acids is 1. The van der Waals surface area contributed by atoms with Crippen LogP contribution < -0.4 is 10.1 Å². The lowest BCUT2D eigenvalue weighted by Gasteiger charge is -2.19. The second-order valence-electron chi connectivity index (χ2n) is 11.4. The maximum absolute atomic E-state index is 13.5. The van der Waals surface area contributed by atoms with E-state index >= 15 is 0 Å². The van der Waals surface area contributed by atoms with Crippen LogP contribution in [0.15, 0.2) is 109 Å². The summed E-state index contributed by atoms with van der Waals surface area (Å²) < 4.78 is 6.21. The van der Waals surface area contributed by atoms with Gasteiger partial charge >= 0.3 is 5.97 Å². The first-order valence-electron chi connectivity index (χ1n) is 14.0. The van der Waals surface area contributed by atoms with Gasteiger partial charge in [-0.05, 0) is 57.8 Å². The minimum absolute atomic E-state index is 0.0538. The third-order valence-electron chi connectivity index (χ3n) is 7.17. The minimum Gasteiger partial charge on any atom is -0.481 e. The molecule has 0 radical (unpaired) electrons. The number of aromatic nitrogens is 1. The Morgan fingerprint density at radius 1 is 0.833 bits per heavy atom. The maximum Gasteiger partial charge on any atom is 0.305 e. The van der Waals surface area contributed by atoms with Crippen LogP contribution in [0.3, 0.4) is 0 Å². The van der Waals surface area contributed by atoms with Crippen molar-refractivity contribution in [3.8, 4) is 11.5 Å². The normalized spacial score (nSPS) is 12.1. The number of carbonyl (C=O) groups is 2. The number of hydrogen-bond acceptors (Lipinski definition) is 4. The van der Waals surface area contributed by atoms with Gasteiger partial charge < -0.3 is 15.2 Å². The standard InChI is InChI=1S/C36H34N2O4/c1-36(2,3)27-15-18-28(19-16-27)42-29-17-14-26-21-33(37-32(30(26)22-29)20-24-10-6-4-7-11-24)35(41)38-31(23-34(39)40)25-12-8-5-9-13-25/h4-19,21-22,31H,20,23H2,1-3H3,(H,38,41)(H,39,40). The summed E-state index contributed by atoms with van der Waals surface area (Å²) in [4.78, 5) is 29.8. The average molecular weight is 559 g/mol. The fraction of sp³-hybridized carbons (Fsp3) is 0.194. The van der Waals surface area contributed by atoms with Gasteiger partial charge in [-0.1, -0.05) is 99.6 Å². The lowest BCUT2D eigenvalue weighted by Crippen LogP contribution is -2.31. The summed E-state index contributed by atoms with van der Waals surface area (Å²) in [5.41, 5.74) is 4.01. The fourth-order valence-electron chi connectivity index (χ4n) is 4.90. The van der Waals surface area contributed by atoms with Gasteiger partial charge in [0.05, 0.1) is 18.2 Å². The number of nitrogens with zero attached hydrogens (tertiary/aromatic N) is 1. The second-order valence-corrected chi connectivity index (χ2v) is 11.4. The molecule has 212 valence electrons. The van der Waals surface area contributed by atoms with Gasteiger partial charge in [-0.2, -0.15) is 0 Å². The summed E-state index contributed by atoms with van der Waals surface area (Å²) in [7, 11) is 0. The van der Waals surface area contributed by atoms with Crippen molar-refractivity contribution in [1.82, 2.24) is 10.3 Å². The summed E-state index contributed by atoms with van der Waals surface area (Å²) >= 11 is 0. The molecule has 1 atom stereocenters. The molecule has 1 heterocycles. The lowest BCUT2D eigenvalue weighted by molar-refractivity contribution is -0.137. The highest BCUT2D eigenvalue weighted by Crippen LogP contribution is 2.31. The summed E-state index contributed by atoms with van der Waals surface area (Å²) in [5, 5.41) is 14.1. The molecule has 0 aliphatic heterocycles. The van der Waals surface area contributed by atoms with E-state index in [1.165, 1.54) is 5.56 Å². The molecule has 2 N–H and O–H groups in total. The number of rotatable bonds is 9. The van der Waals surface area contributed by atoms with Crippen LogP contribution in [-0.4, -0.2) is 22.0 Å². The molecule has 42 heavy (non-hydrogen) atoms. The van der Waals surface area contributed by atoms with Gasteiger partial charge in [0.15, 0.2) is 0 Å². The number of pyridine rings is 1. The van der Waals surface area contributed by atoms with Gasteiger partial charge in [-0.25, -0.2) is 4.98 Å². The first-order valence-corrected chi connectivity index (χ1v) is 14.0. The Morgan fingerprint density at radius 2 is 1.48 bits per heavy atom. The molecule has 0 saturated heterocycles. The molecule has 0 spiro atoms. The Hall–Kier alpha value is -4.97. The van der Waals surface area contributed by atoms with Crippen LogP contribution in [0.25, 0.3) is 10.8 Å². The molecule has 5 rings (SSSR count). The zero-order valence-electron chi connectivity index (χ0n) is 24.0. The lowest BCUT2D eigenvalue weighted by atomic mass is 9.87. The molecule has 0 fully saturated rings. The molecule has 0 aliphatic carbocycles. The number of ether oxygens (including phenoxy) is 1. The predicted molar refractivity (Wildman–Crippen MR) is 165 cm³/mol. The van der Waals surface area contributed by atoms with E-state index in [9.17, 15) is 14.7 Å². The maximum atomic E-state index is 13.5. The third-order valence-corrected chi connectivity index (χ3v) is 7.17. The van der Waals surface area contributed by atoms with Gasteiger partial charge in [0.2, 0.25) is 0 Å². The number of benzene rings is 4. The smallest absolute Gasteiger partial charge is 0.305 e. The van der Waals surface area contributed by atoms with E-state index in [4.69, 9.17) is 9.72 Å². The summed E-state index contributed by atoms with van der Waals surface area (Å²) in [6.07, 6.45) is 0.275. The Kier molecular flexibility index (Phi) is 8.34. The Morgan fingerprint density at radius 3 is 2.12 bits per heavy atom. The first kappa shape index (κ1) is 28.6. The molecule has 4 aromatic carbocycles. The largest absolute Gasteiger partial charge is 0.481 e. The van der Waals surface area contributed by atoms with Crippen molar-refractivity contribution in [3.05, 3.63) is 137 Å². The van der Waals surface area contributed by atoms with E-state index in [2.05, 4.69) is 38.2 Å². The zero-order valence-corrected chi connectivity index (χ0v) is 24.0. The van der Waals surface area contributed by atoms with Crippen molar-refractivity contribution >= 4 is 22.6 Å². The molecule has 0 saturated carbocycles. The van der Waals surface area contributed by atoms with E-state index in [0.717, 1.165) is 33.3 Å². The van der Waals surface area contributed by atoms with Crippen molar-refractivity contribution < 1.29 is 19.4 Å². The molecule has 1 aromatic heterocycles. The van der Waals surface area contributed by atoms with Crippen LogP contribution in [0.5, 0.6) is 11.5 Å². The van der Waals surface area contributed by atoms with Gasteiger partial charge in [0.25, 0.3) is 5.91 Å². The molecular formula is C36H34N2O4. The number of carboxylic acid groups (broad SMARTS) is 1. The quantitative estimate of drug-likeness (QED) is 0.192. The van der Waals surface area contributed by atoms with E-state index in [0.29, 0.717) is 12.2 Å². The van der Waals surface area contributed by atoms with Crippen LogP contribution in [0, 0.1) is 0 Å². The van der Waals surface area contributed by atoms with Gasteiger partial charge in [0.1, 0.15) is 17.2 Å². The van der Waals surface area contributed by atoms with Gasteiger partial charge in [0, 0.05) is 11.8 Å². The summed E-state index contributed by atoms with van der Waals surface area (Å²) in [5.74, 6) is -0.0206. The molecule has 0 bridgehead atoms. The molecular weight excluding hydrogens is 524 g/mol. The predicted octanol–water partition coefficient (Wildman–Crippen LogP) is 7.86. The topological polar surface area (TPSA) is 88.5 Å². The van der Waals surface area contributed by atoms with Crippen molar-refractivity contribution in [2.45, 2.75) is 45.1 Å². The average Bonchev–Trinajstić information content (AvgIpc) is 2.97. The van der Waals surface area contributed by atoms with Crippen LogP contribution >= 0.6 is 0 Å². The number of carboxylic acids is 1. The molecule has 6 heteroatoms. The Bertz CT molecular complexity index is 1690. The molecule has 1 unspecified atom stereocenters. The third kappa shape index (κ3) is 7.02. The second kappa shape index (κ2) is 12.3. The van der Waals surface area contributed by atoms with Crippen molar-refractivity contribution in [2.24, 2.45) is 0 Å². The van der Waals surface area contributed by atoms with E-state index in [1.54, 1.807) is 18.2 Å². The van der Waals surface area contributed by atoms with Crippen LogP contribution in [0.4, 0.5) is 0 Å². The summed E-state index contributed by atoms with van der Waals surface area (Å²) in [6.45, 7) is 6.53. The number of nitrogens with one attached hydrogen (secondary N) is 1. The monoisotopic (exact) mass is 558 g/mol. The molecule has 6 nitrogen and oxygen atoms in total. The van der Waals surface area contributed by atoms with Crippen LogP contribution in [-0.2, 0) is 16.6 Å². The van der Waals surface area contributed by atoms with Crippen molar-refractivity contribution in [3.63, 3.8) is 0 Å². The fourth-order valence-corrected chi connectivity index (χ4v) is 4.90. The number of aliphatic carboxylic acids is 1. The SMILES string of the molecule is CC(C)(C)c1ccc(Oc2ccc3cc(C(=O)NC(CC(=O)O)c4ccccc4)nc(Cc4ccccc4)c3c2)cc1. The minimum atomic E-state index is -0.999. The summed E-state index contributed by atoms with van der Waals surface area (Å²) in [6, 6.07) is 34.0. The van der Waals surface area contributed by atoms with Crippen LogP contribution in [0.1, 0.15) is 66.1 Å². The van der Waals surface area contributed by atoms with Crippen molar-refractivity contribution in [1.29, 1.82) is 0 Å². The van der Waals surface area contributed by atoms with Crippen LogP contribution in [0.2, 0.25) is 0 Å². The number of amides is 1. The number of hydrogen-bond donors (Lipinski definition) is 2. The van der Waals surface area contributed by atoms with Gasteiger partial charge in [-0.15, -0.1) is 0 Å². The Labute approximate surface area is 246 Å². The zero-order chi connectivity index (χ0) is 29.7. The van der Waals surface area contributed by atoms with Gasteiger partial charge in [-0.3, -0.25) is 9.59 Å². The highest BCUT2D eigenvalue weighted by Gasteiger charge is 2.21. The molecule has 1 amide bonds. The van der Waals surface area contributed by atoms with E-state index < -0.39 is 17.9 Å². The van der Waals surface area contributed by atoms with Crippen molar-refractivity contribution in [2.75, 3.05) is 0 Å². The Balaban J connectivity index is 1.48. The molecule has 5 aromatic rings. The highest BCUT2D eigenvalue weighted by atomic mass is 16.5.